The van der Waals surface area contributed by atoms with E-state index < -0.39 is 35.0 Å². The molecule has 9 heteroatoms. The first-order valence-corrected chi connectivity index (χ1v) is 7.49. The van der Waals surface area contributed by atoms with E-state index in [1.807, 2.05) is 6.92 Å². The summed E-state index contributed by atoms with van der Waals surface area (Å²) in [5.41, 5.74) is -1.30. The Hall–Kier alpha value is -2.84. The van der Waals surface area contributed by atoms with Gasteiger partial charge in [-0.25, -0.2) is 19.2 Å². The third kappa shape index (κ3) is 3.81. The molecule has 1 aromatic heterocycles. The molecule has 1 aromatic rings. The van der Waals surface area contributed by atoms with E-state index in [4.69, 9.17) is 9.47 Å². The van der Waals surface area contributed by atoms with E-state index in [1.165, 1.54) is 4.57 Å². The van der Waals surface area contributed by atoms with E-state index in [0.29, 0.717) is 6.42 Å². The minimum atomic E-state index is -0.971. The van der Waals surface area contributed by atoms with Gasteiger partial charge in [-0.2, -0.15) is 0 Å². The molecule has 0 unspecified atom stereocenters. The topological polar surface area (TPSA) is 110 Å². The van der Waals surface area contributed by atoms with E-state index in [-0.39, 0.29) is 17.9 Å². The molecule has 0 aliphatic rings. The Morgan fingerprint density at radius 3 is 1.36 bits per heavy atom. The number of rotatable bonds is 7. The quantitative estimate of drug-likeness (QED) is 0.534. The van der Waals surface area contributed by atoms with E-state index in [1.54, 1.807) is 0 Å². The smallest absolute Gasteiger partial charge is 0.355 e. The number of nitrogens with zero attached hydrogens (tertiary/aromatic N) is 1. The molecule has 0 bridgehead atoms. The lowest BCUT2D eigenvalue weighted by Gasteiger charge is -2.11. The van der Waals surface area contributed by atoms with Crippen LogP contribution in [0, 0.1) is 0 Å². The molecule has 0 atom stereocenters. The van der Waals surface area contributed by atoms with Crippen LogP contribution in [0.1, 0.15) is 61.5 Å². The number of methoxy groups -OCH3 is 4. The normalized spacial score (nSPS) is 10.1. The predicted molar refractivity (Wildman–Crippen MR) is 84.7 cm³/mol. The zero-order valence-electron chi connectivity index (χ0n) is 14.8. The number of carbonyl (C=O) groups excluding carboxylic acids is 4. The Bertz CT molecular complexity index is 635. The van der Waals surface area contributed by atoms with E-state index in [2.05, 4.69) is 9.47 Å². The molecule has 0 saturated heterocycles. The van der Waals surface area contributed by atoms with Crippen LogP contribution >= 0.6 is 0 Å². The van der Waals surface area contributed by atoms with Crippen molar-refractivity contribution in [2.75, 3.05) is 28.4 Å². The van der Waals surface area contributed by atoms with Gasteiger partial charge in [0.2, 0.25) is 0 Å². The standard InChI is InChI=1S/C16H21NO8/c1-6-7-8-17-11(15(20)24-4)9(13(18)22-2)10(14(19)23-3)12(17)16(21)25-5/h6-8H2,1-5H3. The van der Waals surface area contributed by atoms with Gasteiger partial charge in [-0.3, -0.25) is 0 Å². The summed E-state index contributed by atoms with van der Waals surface area (Å²) in [5, 5.41) is 0. The van der Waals surface area contributed by atoms with Crippen molar-refractivity contribution in [1.29, 1.82) is 0 Å². The average molecular weight is 355 g/mol. The summed E-state index contributed by atoms with van der Waals surface area (Å²) in [5.74, 6) is -3.73. The van der Waals surface area contributed by atoms with Crippen LogP contribution in [0.3, 0.4) is 0 Å². The predicted octanol–water partition coefficient (Wildman–Crippen LogP) is 1.43. The van der Waals surface area contributed by atoms with Crippen LogP contribution in [0.15, 0.2) is 0 Å². The molecule has 138 valence electrons. The molecule has 0 fully saturated rings. The molecule has 25 heavy (non-hydrogen) atoms. The molecule has 0 radical (unpaired) electrons. The van der Waals surface area contributed by atoms with Gasteiger partial charge in [-0.15, -0.1) is 0 Å². The fourth-order valence-corrected chi connectivity index (χ4v) is 2.38. The van der Waals surface area contributed by atoms with Gasteiger partial charge in [0.15, 0.2) is 0 Å². The first kappa shape index (κ1) is 20.2. The van der Waals surface area contributed by atoms with Crippen molar-refractivity contribution in [2.24, 2.45) is 0 Å². The minimum Gasteiger partial charge on any atom is -0.465 e. The van der Waals surface area contributed by atoms with Crippen LogP contribution in [0.4, 0.5) is 0 Å². The molecule has 1 rings (SSSR count). The molecule has 9 nitrogen and oxygen atoms in total. The molecule has 0 aliphatic carbocycles. The van der Waals surface area contributed by atoms with Crippen molar-refractivity contribution in [2.45, 2.75) is 26.3 Å². The Morgan fingerprint density at radius 1 is 0.720 bits per heavy atom. The van der Waals surface area contributed by atoms with Crippen molar-refractivity contribution < 1.29 is 38.1 Å². The molecule has 0 saturated carbocycles. The molecule has 0 N–H and O–H groups in total. The molecular formula is C16H21NO8. The van der Waals surface area contributed by atoms with Crippen molar-refractivity contribution >= 4 is 23.9 Å². The lowest BCUT2D eigenvalue weighted by Crippen LogP contribution is -2.18. The molecule has 1 heterocycles. The molecular weight excluding hydrogens is 334 g/mol. The monoisotopic (exact) mass is 355 g/mol. The summed E-state index contributed by atoms with van der Waals surface area (Å²) in [4.78, 5) is 49.0. The average Bonchev–Trinajstić information content (AvgIpc) is 2.98. The first-order valence-electron chi connectivity index (χ1n) is 7.49. The highest BCUT2D eigenvalue weighted by Gasteiger charge is 2.38. The van der Waals surface area contributed by atoms with Crippen LogP contribution in [0.5, 0.6) is 0 Å². The zero-order valence-corrected chi connectivity index (χ0v) is 14.8. The van der Waals surface area contributed by atoms with E-state index in [0.717, 1.165) is 34.9 Å². The van der Waals surface area contributed by atoms with Crippen molar-refractivity contribution in [3.05, 3.63) is 22.5 Å². The van der Waals surface area contributed by atoms with Crippen LogP contribution in [-0.2, 0) is 25.5 Å². The highest BCUT2D eigenvalue weighted by Crippen LogP contribution is 2.27. The minimum absolute atomic E-state index is 0.187. The number of unbranched alkanes of at least 4 members (excludes halogenated alkanes) is 1. The number of carbonyl (C=O) groups is 4. The lowest BCUT2D eigenvalue weighted by atomic mass is 10.1. The van der Waals surface area contributed by atoms with E-state index >= 15 is 0 Å². The number of esters is 4. The van der Waals surface area contributed by atoms with Crippen molar-refractivity contribution in [3.8, 4) is 0 Å². The van der Waals surface area contributed by atoms with Gasteiger partial charge in [0, 0.05) is 6.54 Å². The van der Waals surface area contributed by atoms with Crippen molar-refractivity contribution in [1.82, 2.24) is 4.57 Å². The third-order valence-corrected chi connectivity index (χ3v) is 3.54. The van der Waals surface area contributed by atoms with Gasteiger partial charge >= 0.3 is 23.9 Å². The van der Waals surface area contributed by atoms with Gasteiger partial charge in [-0.1, -0.05) is 13.3 Å². The van der Waals surface area contributed by atoms with Crippen molar-refractivity contribution in [3.63, 3.8) is 0 Å². The summed E-state index contributed by atoms with van der Waals surface area (Å²) in [7, 11) is 4.42. The second-order valence-corrected chi connectivity index (χ2v) is 4.92. The Balaban J connectivity index is 3.96. The SMILES string of the molecule is CCCCn1c(C(=O)OC)c(C(=O)OC)c(C(=O)OC)c1C(=O)OC. The molecule has 0 aromatic carbocycles. The fraction of sp³-hybridized carbons (Fsp3) is 0.500. The summed E-state index contributed by atoms with van der Waals surface area (Å²) in [6.45, 7) is 2.09. The largest absolute Gasteiger partial charge is 0.465 e. The van der Waals surface area contributed by atoms with Gasteiger partial charge in [0.05, 0.1) is 28.4 Å². The molecule has 0 spiro atoms. The van der Waals surface area contributed by atoms with Crippen LogP contribution in [0.25, 0.3) is 0 Å². The van der Waals surface area contributed by atoms with Crippen LogP contribution in [-0.4, -0.2) is 56.9 Å². The third-order valence-electron chi connectivity index (χ3n) is 3.54. The summed E-state index contributed by atoms with van der Waals surface area (Å²) in [6.07, 6.45) is 1.31. The summed E-state index contributed by atoms with van der Waals surface area (Å²) < 4.78 is 20.0. The molecule has 0 amide bonds. The maximum atomic E-state index is 12.3. The van der Waals surface area contributed by atoms with E-state index in [9.17, 15) is 19.2 Å². The maximum absolute atomic E-state index is 12.3. The maximum Gasteiger partial charge on any atom is 0.355 e. The highest BCUT2D eigenvalue weighted by atomic mass is 16.5. The second kappa shape index (κ2) is 8.86. The first-order chi connectivity index (χ1) is 11.9. The Morgan fingerprint density at radius 2 is 1.08 bits per heavy atom. The zero-order chi connectivity index (χ0) is 19.1. The fourth-order valence-electron chi connectivity index (χ4n) is 2.38. The Kier molecular flexibility index (Phi) is 7.16. The summed E-state index contributed by atoms with van der Waals surface area (Å²) >= 11 is 0. The van der Waals surface area contributed by atoms with Gasteiger partial charge in [0.1, 0.15) is 22.5 Å². The van der Waals surface area contributed by atoms with Crippen LogP contribution < -0.4 is 0 Å². The number of ether oxygens (including phenoxy) is 4. The number of aromatic nitrogens is 1. The van der Waals surface area contributed by atoms with Gasteiger partial charge in [-0.05, 0) is 6.42 Å². The molecule has 0 aliphatic heterocycles. The van der Waals surface area contributed by atoms with Crippen LogP contribution in [0.2, 0.25) is 0 Å². The van der Waals surface area contributed by atoms with Gasteiger partial charge < -0.3 is 23.5 Å². The second-order valence-electron chi connectivity index (χ2n) is 4.92. The lowest BCUT2D eigenvalue weighted by molar-refractivity contribution is 0.0530. The number of hydrogen-bond donors (Lipinski definition) is 0. The number of hydrogen-bond acceptors (Lipinski definition) is 8. The Labute approximate surface area is 144 Å². The highest BCUT2D eigenvalue weighted by molar-refractivity contribution is 6.15. The summed E-state index contributed by atoms with van der Waals surface area (Å²) in [6, 6.07) is 0. The van der Waals surface area contributed by atoms with Gasteiger partial charge in [0.25, 0.3) is 0 Å².